The van der Waals surface area contributed by atoms with E-state index in [2.05, 4.69) is 0 Å². The predicted octanol–water partition coefficient (Wildman–Crippen LogP) is 2.16. The maximum atomic E-state index is 12.0. The molecule has 0 fully saturated rings. The molecule has 0 atom stereocenters. The summed E-state index contributed by atoms with van der Waals surface area (Å²) in [5, 5.41) is 0. The largest absolute Gasteiger partial charge is 0.399 e. The molecule has 0 unspecified atom stereocenters. The first kappa shape index (κ1) is 12.0. The van der Waals surface area contributed by atoms with E-state index in [0.29, 0.717) is 0 Å². The number of hydrogen-bond donors (Lipinski definition) is 1. The molecule has 1 aromatic carbocycles. The molecule has 0 saturated heterocycles. The molecule has 0 amide bonds. The lowest BCUT2D eigenvalue weighted by molar-refractivity contribution is 0.636. The summed E-state index contributed by atoms with van der Waals surface area (Å²) < 4.78 is 1.94. The van der Waals surface area contributed by atoms with Gasteiger partial charge in [-0.3, -0.25) is 4.79 Å². The van der Waals surface area contributed by atoms with Crippen molar-refractivity contribution in [2.24, 2.45) is 0 Å². The van der Waals surface area contributed by atoms with Crippen LogP contribution < -0.4 is 11.3 Å². The predicted molar refractivity (Wildman–Crippen MR) is 77.3 cm³/mol. The third-order valence-electron chi connectivity index (χ3n) is 3.85. The Hall–Kier alpha value is -2.03. The highest BCUT2D eigenvalue weighted by Gasteiger charge is 2.15. The van der Waals surface area contributed by atoms with Gasteiger partial charge in [-0.15, -0.1) is 0 Å². The van der Waals surface area contributed by atoms with Gasteiger partial charge in [0.25, 0.3) is 5.56 Å². The fourth-order valence-corrected chi connectivity index (χ4v) is 2.80. The van der Waals surface area contributed by atoms with Crippen molar-refractivity contribution in [3.63, 3.8) is 0 Å². The van der Waals surface area contributed by atoms with Gasteiger partial charge in [0.1, 0.15) is 0 Å². The second-order valence-electron chi connectivity index (χ2n) is 5.14. The van der Waals surface area contributed by atoms with Gasteiger partial charge in [-0.05, 0) is 48.9 Å². The van der Waals surface area contributed by atoms with Crippen LogP contribution in [0.3, 0.4) is 0 Å². The molecule has 1 aliphatic carbocycles. The quantitative estimate of drug-likeness (QED) is 0.853. The van der Waals surface area contributed by atoms with Gasteiger partial charge in [0.05, 0.1) is 0 Å². The Labute approximate surface area is 112 Å². The Morgan fingerprint density at radius 2 is 1.84 bits per heavy atom. The first-order valence-electron chi connectivity index (χ1n) is 6.80. The van der Waals surface area contributed by atoms with Crippen molar-refractivity contribution in [1.29, 1.82) is 0 Å². The number of benzene rings is 1. The summed E-state index contributed by atoms with van der Waals surface area (Å²) in [4.78, 5) is 12.0. The highest BCUT2D eigenvalue weighted by molar-refractivity contribution is 5.39. The molecule has 2 aromatic rings. The zero-order valence-electron chi connectivity index (χ0n) is 10.9. The van der Waals surface area contributed by atoms with Gasteiger partial charge >= 0.3 is 0 Å². The summed E-state index contributed by atoms with van der Waals surface area (Å²) in [5.41, 5.74) is 10.4. The zero-order valence-corrected chi connectivity index (χ0v) is 10.9. The van der Waals surface area contributed by atoms with Gasteiger partial charge in [-0.25, -0.2) is 0 Å². The number of rotatable bonds is 3. The zero-order chi connectivity index (χ0) is 13.2. The minimum atomic E-state index is 0.121. The smallest absolute Gasteiger partial charge is 0.250 e. The highest BCUT2D eigenvalue weighted by atomic mass is 16.1. The number of pyridine rings is 1. The van der Waals surface area contributed by atoms with Gasteiger partial charge in [0.2, 0.25) is 0 Å². The first-order valence-corrected chi connectivity index (χ1v) is 6.80. The summed E-state index contributed by atoms with van der Waals surface area (Å²) in [6, 6.07) is 11.6. The Kier molecular flexibility index (Phi) is 3.11. The minimum absolute atomic E-state index is 0.121. The van der Waals surface area contributed by atoms with Crippen LogP contribution in [0.4, 0.5) is 5.69 Å². The SMILES string of the molecule is Nc1ccc(CCn2c3c(ccc2=O)CCC3)cc1. The van der Waals surface area contributed by atoms with Gasteiger partial charge in [-0.1, -0.05) is 18.2 Å². The van der Waals surface area contributed by atoms with E-state index in [0.717, 1.165) is 31.5 Å². The van der Waals surface area contributed by atoms with Crippen LogP contribution in [0.25, 0.3) is 0 Å². The number of aryl methyl sites for hydroxylation is 2. The van der Waals surface area contributed by atoms with E-state index < -0.39 is 0 Å². The van der Waals surface area contributed by atoms with Gasteiger partial charge in [0.15, 0.2) is 0 Å². The van der Waals surface area contributed by atoms with E-state index in [1.54, 1.807) is 6.07 Å². The lowest BCUT2D eigenvalue weighted by Gasteiger charge is -2.11. The number of nitrogens with two attached hydrogens (primary N) is 1. The molecule has 0 radical (unpaired) electrons. The molecule has 1 heterocycles. The number of fused-ring (bicyclic) bond motifs is 1. The molecule has 3 rings (SSSR count). The van der Waals surface area contributed by atoms with E-state index in [9.17, 15) is 4.79 Å². The molecule has 0 spiro atoms. The maximum Gasteiger partial charge on any atom is 0.250 e. The third-order valence-corrected chi connectivity index (χ3v) is 3.85. The first-order chi connectivity index (χ1) is 9.24. The molecule has 3 heteroatoms. The Morgan fingerprint density at radius 1 is 1.05 bits per heavy atom. The molecule has 1 aliphatic rings. The third kappa shape index (κ3) is 2.41. The Bertz CT molecular complexity index is 641. The fourth-order valence-electron chi connectivity index (χ4n) is 2.80. The molecule has 3 nitrogen and oxygen atoms in total. The molecule has 2 N–H and O–H groups in total. The van der Waals surface area contributed by atoms with Crippen LogP contribution in [0, 0.1) is 0 Å². The second kappa shape index (κ2) is 4.92. The van der Waals surface area contributed by atoms with Crippen molar-refractivity contribution in [2.45, 2.75) is 32.2 Å². The van der Waals surface area contributed by atoms with E-state index in [4.69, 9.17) is 5.73 Å². The standard InChI is InChI=1S/C16H18N2O/c17-14-7-4-12(5-8-14)10-11-18-15-3-1-2-13(15)6-9-16(18)19/h4-9H,1-3,10-11,17H2. The molecule has 98 valence electrons. The summed E-state index contributed by atoms with van der Waals surface area (Å²) in [5.74, 6) is 0. The Balaban J connectivity index is 1.82. The lowest BCUT2D eigenvalue weighted by Crippen LogP contribution is -2.23. The number of anilines is 1. The van der Waals surface area contributed by atoms with Crippen LogP contribution in [0.15, 0.2) is 41.2 Å². The van der Waals surface area contributed by atoms with Crippen LogP contribution in [0.2, 0.25) is 0 Å². The van der Waals surface area contributed by atoms with Gasteiger partial charge in [-0.2, -0.15) is 0 Å². The molecule has 0 saturated carbocycles. The molecular weight excluding hydrogens is 236 g/mol. The van der Waals surface area contributed by atoms with Crippen LogP contribution in [-0.4, -0.2) is 4.57 Å². The van der Waals surface area contributed by atoms with E-state index >= 15 is 0 Å². The van der Waals surface area contributed by atoms with Crippen molar-refractivity contribution < 1.29 is 0 Å². The average molecular weight is 254 g/mol. The number of nitrogens with zero attached hydrogens (tertiary/aromatic N) is 1. The van der Waals surface area contributed by atoms with Crippen LogP contribution >= 0.6 is 0 Å². The molecule has 1 aromatic heterocycles. The monoisotopic (exact) mass is 254 g/mol. The van der Waals surface area contributed by atoms with Gasteiger partial charge < -0.3 is 10.3 Å². The topological polar surface area (TPSA) is 48.0 Å². The molecule has 0 aliphatic heterocycles. The van der Waals surface area contributed by atoms with Crippen LogP contribution in [0.5, 0.6) is 0 Å². The van der Waals surface area contributed by atoms with E-state index in [1.165, 1.54) is 23.2 Å². The normalized spacial score (nSPS) is 13.5. The summed E-state index contributed by atoms with van der Waals surface area (Å²) in [6.07, 6.45) is 4.18. The average Bonchev–Trinajstić information content (AvgIpc) is 2.88. The van der Waals surface area contributed by atoms with E-state index in [1.807, 2.05) is 34.9 Å². The second-order valence-corrected chi connectivity index (χ2v) is 5.14. The van der Waals surface area contributed by atoms with Crippen molar-refractivity contribution in [1.82, 2.24) is 4.57 Å². The maximum absolute atomic E-state index is 12.0. The van der Waals surface area contributed by atoms with Crippen molar-refractivity contribution in [2.75, 3.05) is 5.73 Å². The van der Waals surface area contributed by atoms with Crippen molar-refractivity contribution >= 4 is 5.69 Å². The fraction of sp³-hybridized carbons (Fsp3) is 0.312. The Morgan fingerprint density at radius 3 is 2.63 bits per heavy atom. The molecular formula is C16H18N2O. The van der Waals surface area contributed by atoms with Crippen molar-refractivity contribution in [3.8, 4) is 0 Å². The van der Waals surface area contributed by atoms with Crippen molar-refractivity contribution in [3.05, 3.63) is 63.6 Å². The summed E-state index contributed by atoms with van der Waals surface area (Å²) in [7, 11) is 0. The summed E-state index contributed by atoms with van der Waals surface area (Å²) >= 11 is 0. The van der Waals surface area contributed by atoms with Gasteiger partial charge in [0, 0.05) is 24.0 Å². The van der Waals surface area contributed by atoms with Crippen LogP contribution in [0.1, 0.15) is 23.2 Å². The highest BCUT2D eigenvalue weighted by Crippen LogP contribution is 2.20. The van der Waals surface area contributed by atoms with Crippen LogP contribution in [-0.2, 0) is 25.8 Å². The minimum Gasteiger partial charge on any atom is -0.399 e. The number of aromatic nitrogens is 1. The number of nitrogen functional groups attached to an aromatic ring is 1. The van der Waals surface area contributed by atoms with E-state index in [-0.39, 0.29) is 5.56 Å². The lowest BCUT2D eigenvalue weighted by atomic mass is 10.1. The summed E-state index contributed by atoms with van der Waals surface area (Å²) in [6.45, 7) is 0.756. The number of hydrogen-bond acceptors (Lipinski definition) is 2. The molecule has 19 heavy (non-hydrogen) atoms. The molecule has 0 bridgehead atoms.